The Morgan fingerprint density at radius 2 is 1.28 bits per heavy atom. The highest BCUT2D eigenvalue weighted by molar-refractivity contribution is 6.34. The topological polar surface area (TPSA) is 495 Å². The number of hydrogen-bond acceptors (Lipinski definition) is 38. The molecule has 614 valence electrons. The summed E-state index contributed by atoms with van der Waals surface area (Å²) < 4.78 is 154. The van der Waals surface area contributed by atoms with Gasteiger partial charge in [0.15, 0.2) is 67.3 Å². The number of aliphatic hydroxyl groups is 5. The van der Waals surface area contributed by atoms with Crippen LogP contribution in [0, 0.1) is 19.1 Å². The summed E-state index contributed by atoms with van der Waals surface area (Å²) in [4.78, 5) is 27.3. The van der Waals surface area contributed by atoms with Crippen LogP contribution in [0.3, 0.4) is 0 Å². The number of ether oxygens (including phenoxy) is 25. The number of benzene rings is 2. The molecule has 2 aromatic rings. The van der Waals surface area contributed by atoms with E-state index >= 15 is 0 Å². The van der Waals surface area contributed by atoms with Crippen LogP contribution >= 0.6 is 11.6 Å². The highest BCUT2D eigenvalue weighted by atomic mass is 35.5. The first-order chi connectivity index (χ1) is 51.6. The van der Waals surface area contributed by atoms with Crippen LogP contribution in [0.1, 0.15) is 99.6 Å². The van der Waals surface area contributed by atoms with E-state index in [1.165, 1.54) is 68.3 Å². The highest BCUT2D eigenvalue weighted by Gasteiger charge is 2.70. The van der Waals surface area contributed by atoms with Gasteiger partial charge < -0.3 is 170 Å². The van der Waals surface area contributed by atoms with Gasteiger partial charge in [0.25, 0.3) is 5.97 Å². The quantitative estimate of drug-likeness (QED) is 0.0548. The molecule has 2 aromatic carbocycles. The van der Waals surface area contributed by atoms with E-state index in [1.807, 2.05) is 0 Å². The molecular weight excluding hydrogens is 1490 g/mol. The van der Waals surface area contributed by atoms with E-state index in [0.29, 0.717) is 0 Å². The minimum absolute atomic E-state index is 0.125. The standard InChI is InChI=1S/C69H98ClNO38/c1-24-14-31(72)16-32(73)41(24)60(81)98-37-22-92-69(59-53(37)90-23-91-59)106-38-21-89-62(46(78)52(38)107-69)104-64-55(87-12)45(77)51(36(99-64)20-85-10)102-63-47(79)54(50(86-11)27(4)95-63)103-65-56(80)67(9)58(30(7)96-65)108-68(109-67)18-34(75)48(28(5)105-68)100-39-17-35(97-40-19-66(8,71(83)84)57(88-13)29(6)94-40)49(26(3)93-39)101-61(82)42-25(2)15-33(74)43(70)44(42)76/h14-16,26-30,34-40,45-59,62-65,71-80,83H,17-23H2,1-13H3/t26-,27-,28-,29+,30-,34-,35-,36-,37-,38+,39+,40+,45+,46-,47-,48-,49-,50+,51-,52-,53+,54-,55+,56-,57+,58-,59-,62+,63+,64+,65+,66+,67-,68-,69-/m1/s1. The largest absolute Gasteiger partial charge is 0.600 e. The number of carbonyl (C=O) groups excluding carboxylic acids is 2. The van der Waals surface area contributed by atoms with Gasteiger partial charge in [0.1, 0.15) is 143 Å². The van der Waals surface area contributed by atoms with Gasteiger partial charge >= 0.3 is 17.9 Å². The second-order valence-corrected chi connectivity index (χ2v) is 30.1. The maximum absolute atomic E-state index is 14.0. The first-order valence-corrected chi connectivity index (χ1v) is 36.3. The summed E-state index contributed by atoms with van der Waals surface area (Å²) in [5, 5.41) is 124. The number of fused-ring (bicyclic) bond motifs is 4. The van der Waals surface area contributed by atoms with Crippen LogP contribution in [0.4, 0.5) is 0 Å². The number of quaternary nitrogens is 1. The number of carbonyl (C=O) groups is 2. The Labute approximate surface area is 629 Å². The Bertz CT molecular complexity index is 3500. The van der Waals surface area contributed by atoms with E-state index < -0.39 is 259 Å². The summed E-state index contributed by atoms with van der Waals surface area (Å²) in [6.45, 7) is 12.8. The van der Waals surface area contributed by atoms with Crippen LogP contribution in [0.25, 0.3) is 0 Å². The SMILES string of the molecule is COC[C@H]1O[C@@H](O[C@@H]2OC[C@@H]3O[C@@]4(OC[C@@H](OC(=O)c5c(C)cc(O)cc5O)[C@@H]5OCO[C@H]54)O[C@H]3[C@H]2O)[C@@H](OC)[C@@H](O)[C@@H]1O[C@@H]1O[C@H](C)[C@H](OC)[C@H](O[C@@H]2O[C@H](C)[C@H]3O[C@]4(C[C@@H](O)[C@H](O[C@H]5C[C@@H](O[C@H]6C[C@](C)([NH+]([O-])O)[C@@H](OC)[C@H](C)O6)[C@H](OC(=O)c6c(C)cc(O)c(Cl)c6O)[C@@H](C)O5)[C@@H](C)O4)O[C@]3(C)[C@@H]2O)[C@H]1O. The van der Waals surface area contributed by atoms with Crippen LogP contribution in [-0.4, -0.2) is 332 Å². The molecule has 11 aliphatic heterocycles. The molecular formula is C69H98ClNO38. The van der Waals surface area contributed by atoms with Gasteiger partial charge in [-0.3, -0.25) is 0 Å². The molecule has 2 spiro atoms. The van der Waals surface area contributed by atoms with Crippen molar-refractivity contribution in [3.05, 3.63) is 50.7 Å². The lowest BCUT2D eigenvalue weighted by Gasteiger charge is -2.50. The Morgan fingerprint density at radius 1 is 0.596 bits per heavy atom. The van der Waals surface area contributed by atoms with E-state index in [9.17, 15) is 66.0 Å². The van der Waals surface area contributed by atoms with Crippen LogP contribution < -0.4 is 5.23 Å². The lowest BCUT2D eigenvalue weighted by atomic mass is 9.85. The molecule has 109 heavy (non-hydrogen) atoms. The monoisotopic (exact) mass is 1580 g/mol. The molecule has 0 saturated carbocycles. The third kappa shape index (κ3) is 15.4. The second kappa shape index (κ2) is 32.4. The Kier molecular flexibility index (Phi) is 24.5. The van der Waals surface area contributed by atoms with Crippen molar-refractivity contribution < 1.29 is 184 Å². The fraction of sp³-hybridized carbons (Fsp3) is 0.797. The number of aryl methyl sites for hydroxylation is 2. The Balaban J connectivity index is 0.641. The van der Waals surface area contributed by atoms with Crippen molar-refractivity contribution in [2.24, 2.45) is 0 Å². The van der Waals surface area contributed by atoms with Gasteiger partial charge in [0.05, 0.1) is 69.3 Å². The van der Waals surface area contributed by atoms with E-state index in [1.54, 1.807) is 34.6 Å². The lowest BCUT2D eigenvalue weighted by molar-refractivity contribution is -1.09. The fourth-order valence-corrected chi connectivity index (χ4v) is 17.0. The van der Waals surface area contributed by atoms with Gasteiger partial charge in [0, 0.05) is 40.9 Å². The number of hydrogen-bond donors (Lipinski definition) is 11. The zero-order valence-corrected chi connectivity index (χ0v) is 62.6. The number of methoxy groups -OCH3 is 4. The smallest absolute Gasteiger partial charge is 0.342 e. The number of rotatable bonds is 20. The van der Waals surface area contributed by atoms with Gasteiger partial charge in [0.2, 0.25) is 0 Å². The molecule has 0 amide bonds. The fourth-order valence-electron chi connectivity index (χ4n) is 16.9. The number of esters is 2. The summed E-state index contributed by atoms with van der Waals surface area (Å²) in [5.41, 5.74) is -3.41. The second-order valence-electron chi connectivity index (χ2n) is 29.7. The lowest BCUT2D eigenvalue weighted by Crippen LogP contribution is -3.16. The molecule has 11 aliphatic rings. The zero-order valence-electron chi connectivity index (χ0n) is 61.9. The minimum atomic E-state index is -2.06. The number of nitrogens with one attached hydrogen (secondary N) is 1. The van der Waals surface area contributed by atoms with Crippen molar-refractivity contribution in [3.63, 3.8) is 0 Å². The van der Waals surface area contributed by atoms with Crippen molar-refractivity contribution in [2.45, 2.75) is 295 Å². The van der Waals surface area contributed by atoms with Gasteiger partial charge in [-0.2, -0.15) is 0 Å². The van der Waals surface area contributed by atoms with E-state index in [4.69, 9.17) is 130 Å². The first-order valence-electron chi connectivity index (χ1n) is 35.9. The average molecular weight is 1580 g/mol. The molecule has 1 unspecified atom stereocenters. The Hall–Kier alpha value is -4.37. The number of aromatic hydroxyl groups is 4. The highest BCUT2D eigenvalue weighted by Crippen LogP contribution is 2.52. The number of phenolic OH excluding ortho intramolecular Hbond substituents is 4. The summed E-state index contributed by atoms with van der Waals surface area (Å²) >= 11 is 6.13. The molecule has 0 radical (unpaired) electrons. The molecule has 0 bridgehead atoms. The molecule has 11 heterocycles. The summed E-state index contributed by atoms with van der Waals surface area (Å²) in [6.07, 6.45) is -40.4. The van der Waals surface area contributed by atoms with E-state index in [0.717, 1.165) is 6.07 Å². The normalized spacial score (nSPS) is 46.6. The molecule has 11 N–H and O–H groups in total. The Morgan fingerprint density at radius 3 is 1.97 bits per heavy atom. The van der Waals surface area contributed by atoms with Gasteiger partial charge in [-0.05, 0) is 85.6 Å². The van der Waals surface area contributed by atoms with Crippen molar-refractivity contribution in [2.75, 3.05) is 55.1 Å². The van der Waals surface area contributed by atoms with Crippen LogP contribution in [-0.2, 0) is 118 Å². The van der Waals surface area contributed by atoms with E-state index in [-0.39, 0.29) is 67.5 Å². The summed E-state index contributed by atoms with van der Waals surface area (Å²) in [7, 11) is 5.34. The van der Waals surface area contributed by atoms with Crippen LogP contribution in [0.2, 0.25) is 5.02 Å². The van der Waals surface area contributed by atoms with Crippen molar-refractivity contribution in [1.82, 2.24) is 0 Å². The third-order valence-corrected chi connectivity index (χ3v) is 22.6. The van der Waals surface area contributed by atoms with Gasteiger partial charge in [-0.15, -0.1) is 0 Å². The third-order valence-electron chi connectivity index (χ3n) is 22.3. The summed E-state index contributed by atoms with van der Waals surface area (Å²) in [5.74, 6) is -8.03. The van der Waals surface area contributed by atoms with Crippen molar-refractivity contribution in [1.29, 1.82) is 0 Å². The molecule has 36 atom stereocenters. The van der Waals surface area contributed by atoms with Crippen LogP contribution in [0.15, 0.2) is 18.2 Å². The number of aliphatic hydroxyl groups excluding tert-OH is 5. The number of halogens is 1. The molecule has 40 heteroatoms. The zero-order chi connectivity index (χ0) is 78.6. The molecule has 0 aliphatic carbocycles. The molecule has 0 aromatic heterocycles. The average Bonchev–Trinajstić information content (AvgIpc) is 1.57. The van der Waals surface area contributed by atoms with Gasteiger partial charge in [-0.1, -0.05) is 11.6 Å². The molecule has 11 fully saturated rings. The predicted octanol–water partition coefficient (Wildman–Crippen LogP) is -1.20. The van der Waals surface area contributed by atoms with Crippen molar-refractivity contribution >= 4 is 23.5 Å². The number of hydroxylamine groups is 2. The first kappa shape index (κ1) is 82.6. The maximum atomic E-state index is 14.0. The molecule has 13 rings (SSSR count). The maximum Gasteiger partial charge on any atom is 0.342 e. The summed E-state index contributed by atoms with van der Waals surface area (Å²) in [6, 6.07) is 3.46. The number of phenols is 4. The van der Waals surface area contributed by atoms with Crippen LogP contribution in [0.5, 0.6) is 23.0 Å². The minimum Gasteiger partial charge on any atom is -0.600 e. The predicted molar refractivity (Wildman–Crippen MR) is 352 cm³/mol. The molecule has 39 nitrogen and oxygen atoms in total. The van der Waals surface area contributed by atoms with Gasteiger partial charge in [-0.25, -0.2) is 20.0 Å². The van der Waals surface area contributed by atoms with Crippen molar-refractivity contribution in [3.8, 4) is 23.0 Å². The molecule has 11 saturated heterocycles. The van der Waals surface area contributed by atoms with E-state index in [2.05, 4.69) is 0 Å².